The van der Waals surface area contributed by atoms with Gasteiger partial charge in [0.25, 0.3) is 0 Å². The second-order valence-corrected chi connectivity index (χ2v) is 5.01. The molecule has 2 aliphatic carbocycles. The maximum Gasteiger partial charge on any atom is 0.234 e. The highest BCUT2D eigenvalue weighted by molar-refractivity contribution is 5.78. The largest absolute Gasteiger partial charge is 0.381 e. The third kappa shape index (κ3) is 3.76. The summed E-state index contributed by atoms with van der Waals surface area (Å²) in [4.78, 5) is 11.6. The summed E-state index contributed by atoms with van der Waals surface area (Å²) in [5.41, 5.74) is 0. The van der Waals surface area contributed by atoms with Gasteiger partial charge in [0.1, 0.15) is 0 Å². The predicted molar refractivity (Wildman–Crippen MR) is 62.2 cm³/mol. The molecule has 2 saturated carbocycles. The van der Waals surface area contributed by atoms with E-state index in [2.05, 4.69) is 10.6 Å². The zero-order valence-corrected chi connectivity index (χ0v) is 10.00. The fraction of sp³-hybridized carbons (Fsp3) is 0.917. The van der Waals surface area contributed by atoms with E-state index in [1.165, 1.54) is 12.8 Å². The maximum atomic E-state index is 11.6. The number of rotatable bonds is 6. The number of hydrogen-bond acceptors (Lipinski definition) is 3. The van der Waals surface area contributed by atoms with Crippen LogP contribution in [0.3, 0.4) is 0 Å². The molecule has 16 heavy (non-hydrogen) atoms. The summed E-state index contributed by atoms with van der Waals surface area (Å²) < 4.78 is 5.28. The summed E-state index contributed by atoms with van der Waals surface area (Å²) in [5.74, 6) is 0.958. The molecular weight excluding hydrogens is 204 g/mol. The number of amides is 1. The number of carbonyl (C=O) groups is 1. The molecule has 4 nitrogen and oxygen atoms in total. The Morgan fingerprint density at radius 3 is 2.75 bits per heavy atom. The highest BCUT2D eigenvalue weighted by Gasteiger charge is 2.25. The Labute approximate surface area is 97.1 Å². The van der Waals surface area contributed by atoms with Crippen LogP contribution in [0.1, 0.15) is 32.1 Å². The second kappa shape index (κ2) is 5.64. The van der Waals surface area contributed by atoms with Crippen LogP contribution in [0.2, 0.25) is 0 Å². The second-order valence-electron chi connectivity index (χ2n) is 5.01. The summed E-state index contributed by atoms with van der Waals surface area (Å²) in [5, 5.41) is 6.26. The summed E-state index contributed by atoms with van der Waals surface area (Å²) in [6.45, 7) is 1.46. The third-order valence-corrected chi connectivity index (χ3v) is 3.50. The van der Waals surface area contributed by atoms with Gasteiger partial charge in [0.15, 0.2) is 0 Å². The molecule has 92 valence electrons. The fourth-order valence-corrected chi connectivity index (χ4v) is 2.28. The molecule has 0 aliphatic heterocycles. The molecule has 0 spiro atoms. The molecule has 2 fully saturated rings. The van der Waals surface area contributed by atoms with E-state index in [1.807, 2.05) is 0 Å². The quantitative estimate of drug-likeness (QED) is 0.700. The SMILES string of the molecule is COC1CCC(NC(=O)CNCC2CC2)C1. The minimum Gasteiger partial charge on any atom is -0.381 e. The van der Waals surface area contributed by atoms with Gasteiger partial charge in [-0.2, -0.15) is 0 Å². The van der Waals surface area contributed by atoms with Crippen molar-refractivity contribution < 1.29 is 9.53 Å². The van der Waals surface area contributed by atoms with Crippen molar-refractivity contribution in [2.45, 2.75) is 44.2 Å². The lowest BCUT2D eigenvalue weighted by Gasteiger charge is -2.13. The number of nitrogens with one attached hydrogen (secondary N) is 2. The Bertz CT molecular complexity index is 241. The first-order valence-corrected chi connectivity index (χ1v) is 6.31. The number of hydrogen-bond donors (Lipinski definition) is 2. The van der Waals surface area contributed by atoms with E-state index in [4.69, 9.17) is 4.74 Å². The fourth-order valence-electron chi connectivity index (χ4n) is 2.28. The van der Waals surface area contributed by atoms with E-state index in [1.54, 1.807) is 7.11 Å². The summed E-state index contributed by atoms with van der Waals surface area (Å²) in [6.07, 6.45) is 6.07. The molecule has 2 N–H and O–H groups in total. The van der Waals surface area contributed by atoms with Crippen LogP contribution in [0.5, 0.6) is 0 Å². The highest BCUT2D eigenvalue weighted by atomic mass is 16.5. The molecule has 0 aromatic rings. The van der Waals surface area contributed by atoms with E-state index in [9.17, 15) is 4.79 Å². The van der Waals surface area contributed by atoms with Gasteiger partial charge < -0.3 is 15.4 Å². The topological polar surface area (TPSA) is 50.4 Å². The number of carbonyl (C=O) groups excluding carboxylic acids is 1. The molecule has 4 heteroatoms. The molecule has 0 saturated heterocycles. The van der Waals surface area contributed by atoms with Crippen molar-refractivity contribution in [2.75, 3.05) is 20.2 Å². The minimum absolute atomic E-state index is 0.127. The van der Waals surface area contributed by atoms with E-state index in [-0.39, 0.29) is 5.91 Å². The van der Waals surface area contributed by atoms with E-state index >= 15 is 0 Å². The van der Waals surface area contributed by atoms with Gasteiger partial charge in [0.2, 0.25) is 5.91 Å². The minimum atomic E-state index is 0.127. The lowest BCUT2D eigenvalue weighted by Crippen LogP contribution is -2.40. The van der Waals surface area contributed by atoms with Gasteiger partial charge in [0.05, 0.1) is 12.6 Å². The molecule has 2 aliphatic rings. The van der Waals surface area contributed by atoms with Gasteiger partial charge in [-0.15, -0.1) is 0 Å². The van der Waals surface area contributed by atoms with Gasteiger partial charge in [-0.3, -0.25) is 4.79 Å². The van der Waals surface area contributed by atoms with Gasteiger partial charge in [-0.05, 0) is 44.6 Å². The van der Waals surface area contributed by atoms with Gasteiger partial charge >= 0.3 is 0 Å². The van der Waals surface area contributed by atoms with E-state index < -0.39 is 0 Å². The van der Waals surface area contributed by atoms with E-state index in [0.29, 0.717) is 18.7 Å². The average molecular weight is 226 g/mol. The zero-order chi connectivity index (χ0) is 11.4. The Balaban J connectivity index is 1.55. The monoisotopic (exact) mass is 226 g/mol. The van der Waals surface area contributed by atoms with Crippen LogP contribution < -0.4 is 10.6 Å². The Hall–Kier alpha value is -0.610. The average Bonchev–Trinajstić information content (AvgIpc) is 2.97. The molecule has 0 bridgehead atoms. The standard InChI is InChI=1S/C12H22N2O2/c1-16-11-5-4-10(6-11)14-12(15)8-13-7-9-2-3-9/h9-11,13H,2-8H2,1H3,(H,14,15). The van der Waals surface area contributed by atoms with Crippen LogP contribution in [0, 0.1) is 5.92 Å². The van der Waals surface area contributed by atoms with Gasteiger partial charge in [0, 0.05) is 13.2 Å². The molecular formula is C12H22N2O2. The highest BCUT2D eigenvalue weighted by Crippen LogP contribution is 2.27. The van der Waals surface area contributed by atoms with Crippen molar-refractivity contribution >= 4 is 5.91 Å². The lowest BCUT2D eigenvalue weighted by atomic mass is 10.2. The lowest BCUT2D eigenvalue weighted by molar-refractivity contribution is -0.120. The van der Waals surface area contributed by atoms with Crippen LogP contribution in [0.4, 0.5) is 0 Å². The first-order valence-electron chi connectivity index (χ1n) is 6.31. The normalized spacial score (nSPS) is 29.3. The molecule has 1 amide bonds. The van der Waals surface area contributed by atoms with Crippen molar-refractivity contribution in [3.05, 3.63) is 0 Å². The van der Waals surface area contributed by atoms with E-state index in [0.717, 1.165) is 31.7 Å². The van der Waals surface area contributed by atoms with Crippen molar-refractivity contribution in [1.82, 2.24) is 10.6 Å². The van der Waals surface area contributed by atoms with Crippen molar-refractivity contribution in [1.29, 1.82) is 0 Å². The maximum absolute atomic E-state index is 11.6. The van der Waals surface area contributed by atoms with Crippen LogP contribution in [0.25, 0.3) is 0 Å². The van der Waals surface area contributed by atoms with Crippen molar-refractivity contribution in [3.8, 4) is 0 Å². The molecule has 0 heterocycles. The summed E-state index contributed by atoms with van der Waals surface area (Å²) in [6, 6.07) is 0.320. The molecule has 0 aromatic heterocycles. The summed E-state index contributed by atoms with van der Waals surface area (Å²) in [7, 11) is 1.74. The zero-order valence-electron chi connectivity index (χ0n) is 10.00. The smallest absolute Gasteiger partial charge is 0.234 e. The molecule has 2 rings (SSSR count). The van der Waals surface area contributed by atoms with Crippen LogP contribution >= 0.6 is 0 Å². The first-order chi connectivity index (χ1) is 7.78. The van der Waals surface area contributed by atoms with Crippen molar-refractivity contribution in [3.63, 3.8) is 0 Å². The van der Waals surface area contributed by atoms with Gasteiger partial charge in [-0.25, -0.2) is 0 Å². The number of methoxy groups -OCH3 is 1. The Morgan fingerprint density at radius 2 is 2.12 bits per heavy atom. The van der Waals surface area contributed by atoms with Crippen LogP contribution in [0.15, 0.2) is 0 Å². The summed E-state index contributed by atoms with van der Waals surface area (Å²) >= 11 is 0. The van der Waals surface area contributed by atoms with Crippen molar-refractivity contribution in [2.24, 2.45) is 5.92 Å². The molecule has 0 radical (unpaired) electrons. The number of ether oxygens (including phenoxy) is 1. The third-order valence-electron chi connectivity index (χ3n) is 3.50. The van der Waals surface area contributed by atoms with Gasteiger partial charge in [-0.1, -0.05) is 0 Å². The van der Waals surface area contributed by atoms with Crippen LogP contribution in [-0.4, -0.2) is 38.3 Å². The Morgan fingerprint density at radius 1 is 1.31 bits per heavy atom. The first kappa shape index (κ1) is 11.9. The van der Waals surface area contributed by atoms with Crippen LogP contribution in [-0.2, 0) is 9.53 Å². The Kier molecular flexibility index (Phi) is 4.18. The molecule has 2 unspecified atom stereocenters. The predicted octanol–water partition coefficient (Wildman–Crippen LogP) is 0.670. The molecule has 0 aromatic carbocycles. The molecule has 2 atom stereocenters.